The molecule has 64 valence electrons. The molecule has 0 amide bonds. The molecule has 3 N–H and O–H groups in total. The number of aliphatic hydroxyl groups is 3. The van der Waals surface area contributed by atoms with Gasteiger partial charge in [-0.25, -0.2) is 0 Å². The lowest BCUT2D eigenvalue weighted by atomic mass is 10.0. The highest BCUT2D eigenvalue weighted by Gasteiger charge is 2.48. The van der Waals surface area contributed by atoms with Crippen molar-refractivity contribution >= 4 is 0 Å². The normalized spacial score (nSPS) is 56.5. The molecule has 0 radical (unpaired) electrons. The van der Waals surface area contributed by atoms with Crippen molar-refractivity contribution in [1.82, 2.24) is 0 Å². The number of hydrogen-bond acceptors (Lipinski definition) is 5. The number of aliphatic hydroxyl groups excluding tert-OH is 3. The molecule has 2 rings (SSSR count). The van der Waals surface area contributed by atoms with Gasteiger partial charge >= 0.3 is 0 Å². The summed E-state index contributed by atoms with van der Waals surface area (Å²) in [7, 11) is 0. The second-order valence-electron chi connectivity index (χ2n) is 2.85. The van der Waals surface area contributed by atoms with E-state index in [1.54, 1.807) is 0 Å². The van der Waals surface area contributed by atoms with E-state index in [-0.39, 0.29) is 6.61 Å². The van der Waals surface area contributed by atoms with Crippen LogP contribution in [0.4, 0.5) is 0 Å². The summed E-state index contributed by atoms with van der Waals surface area (Å²) in [5.41, 5.74) is 0. The Morgan fingerprint density at radius 3 is 2.45 bits per heavy atom. The Kier molecular flexibility index (Phi) is 1.62. The molecule has 2 saturated heterocycles. The zero-order valence-electron chi connectivity index (χ0n) is 5.75. The van der Waals surface area contributed by atoms with Gasteiger partial charge in [0, 0.05) is 0 Å². The highest BCUT2D eigenvalue weighted by molar-refractivity contribution is 4.92. The molecular formula is C6H10O5. The van der Waals surface area contributed by atoms with Gasteiger partial charge in [0.15, 0.2) is 6.29 Å². The van der Waals surface area contributed by atoms with Crippen molar-refractivity contribution in [3.05, 3.63) is 0 Å². The first kappa shape index (κ1) is 7.45. The molecule has 0 aromatic heterocycles. The van der Waals surface area contributed by atoms with Gasteiger partial charge in [-0.3, -0.25) is 0 Å². The predicted octanol–water partition coefficient (Wildman–Crippen LogP) is -2.18. The Morgan fingerprint density at radius 1 is 1.00 bits per heavy atom. The van der Waals surface area contributed by atoms with Gasteiger partial charge < -0.3 is 24.8 Å². The minimum Gasteiger partial charge on any atom is -0.387 e. The molecule has 0 unspecified atom stereocenters. The minimum atomic E-state index is -1.15. The first-order chi connectivity index (χ1) is 5.20. The SMILES string of the molecule is O[C@@H]1[C@@H](O)[C@H]2CO[C@H](O2)[C@@H]1O. The van der Waals surface area contributed by atoms with E-state index in [0.29, 0.717) is 0 Å². The molecule has 0 aromatic carbocycles. The van der Waals surface area contributed by atoms with Crippen LogP contribution in [0.2, 0.25) is 0 Å². The van der Waals surface area contributed by atoms with E-state index in [2.05, 4.69) is 0 Å². The summed E-state index contributed by atoms with van der Waals surface area (Å²) >= 11 is 0. The molecule has 0 aliphatic carbocycles. The zero-order valence-corrected chi connectivity index (χ0v) is 5.75. The van der Waals surface area contributed by atoms with E-state index < -0.39 is 30.7 Å². The average molecular weight is 162 g/mol. The molecule has 0 aromatic rings. The molecule has 2 bridgehead atoms. The van der Waals surface area contributed by atoms with Crippen molar-refractivity contribution in [2.45, 2.75) is 30.7 Å². The Balaban J connectivity index is 2.16. The maximum absolute atomic E-state index is 9.22. The van der Waals surface area contributed by atoms with E-state index in [9.17, 15) is 10.2 Å². The maximum atomic E-state index is 9.22. The Hall–Kier alpha value is -0.200. The van der Waals surface area contributed by atoms with Crippen LogP contribution < -0.4 is 0 Å². The average Bonchev–Trinajstić information content (AvgIpc) is 2.44. The van der Waals surface area contributed by atoms with E-state index >= 15 is 0 Å². The number of ether oxygens (including phenoxy) is 2. The van der Waals surface area contributed by atoms with E-state index in [1.165, 1.54) is 0 Å². The third-order valence-corrected chi connectivity index (χ3v) is 2.09. The van der Waals surface area contributed by atoms with Crippen LogP contribution in [0.15, 0.2) is 0 Å². The van der Waals surface area contributed by atoms with Crippen molar-refractivity contribution in [2.24, 2.45) is 0 Å². The largest absolute Gasteiger partial charge is 0.387 e. The molecule has 2 aliphatic heterocycles. The summed E-state index contributed by atoms with van der Waals surface area (Å²) in [5.74, 6) is 0. The van der Waals surface area contributed by atoms with Gasteiger partial charge in [0.05, 0.1) is 6.61 Å². The monoisotopic (exact) mass is 162 g/mol. The van der Waals surface area contributed by atoms with Crippen molar-refractivity contribution in [2.75, 3.05) is 6.61 Å². The Morgan fingerprint density at radius 2 is 1.73 bits per heavy atom. The molecule has 11 heavy (non-hydrogen) atoms. The van der Waals surface area contributed by atoms with Crippen LogP contribution in [0.1, 0.15) is 0 Å². The van der Waals surface area contributed by atoms with Gasteiger partial charge in [0.1, 0.15) is 24.4 Å². The van der Waals surface area contributed by atoms with Crippen LogP contribution in [0.3, 0.4) is 0 Å². The van der Waals surface area contributed by atoms with Crippen LogP contribution in [0.5, 0.6) is 0 Å². The van der Waals surface area contributed by atoms with Crippen molar-refractivity contribution < 1.29 is 24.8 Å². The fourth-order valence-electron chi connectivity index (χ4n) is 1.38. The standard InChI is InChI=1S/C6H10O5/c7-3-2-1-10-6(11-2)5(9)4(3)8/h2-9H,1H2/t2-,3+,4-,5-,6-/m1/s1. The van der Waals surface area contributed by atoms with Gasteiger partial charge in [-0.2, -0.15) is 0 Å². The summed E-state index contributed by atoms with van der Waals surface area (Å²) in [6.07, 6.45) is -4.58. The topological polar surface area (TPSA) is 79.2 Å². The second kappa shape index (κ2) is 2.40. The van der Waals surface area contributed by atoms with E-state index in [4.69, 9.17) is 14.6 Å². The molecular weight excluding hydrogens is 152 g/mol. The lowest BCUT2D eigenvalue weighted by Crippen LogP contribution is -2.53. The molecule has 2 fully saturated rings. The second-order valence-corrected chi connectivity index (χ2v) is 2.85. The number of rotatable bonds is 0. The fourth-order valence-corrected chi connectivity index (χ4v) is 1.38. The smallest absolute Gasteiger partial charge is 0.186 e. The van der Waals surface area contributed by atoms with Gasteiger partial charge in [0.2, 0.25) is 0 Å². The quantitative estimate of drug-likeness (QED) is 0.377. The molecule has 0 saturated carbocycles. The van der Waals surface area contributed by atoms with E-state index in [1.807, 2.05) is 0 Å². The fraction of sp³-hybridized carbons (Fsp3) is 1.00. The number of hydrogen-bond donors (Lipinski definition) is 3. The van der Waals surface area contributed by atoms with Gasteiger partial charge in [-0.1, -0.05) is 0 Å². The lowest BCUT2D eigenvalue weighted by molar-refractivity contribution is -0.228. The summed E-state index contributed by atoms with van der Waals surface area (Å²) < 4.78 is 9.95. The first-order valence-electron chi connectivity index (χ1n) is 3.51. The molecule has 2 heterocycles. The van der Waals surface area contributed by atoms with Gasteiger partial charge in [-0.15, -0.1) is 0 Å². The van der Waals surface area contributed by atoms with E-state index in [0.717, 1.165) is 0 Å². The molecule has 5 heteroatoms. The third kappa shape index (κ3) is 0.969. The lowest BCUT2D eigenvalue weighted by Gasteiger charge is -2.32. The predicted molar refractivity (Wildman–Crippen MR) is 32.6 cm³/mol. The van der Waals surface area contributed by atoms with Crippen molar-refractivity contribution in [1.29, 1.82) is 0 Å². The minimum absolute atomic E-state index is 0.236. The van der Waals surface area contributed by atoms with Gasteiger partial charge in [0.25, 0.3) is 0 Å². The molecule has 5 atom stereocenters. The highest BCUT2D eigenvalue weighted by atomic mass is 16.7. The Bertz CT molecular complexity index is 141. The summed E-state index contributed by atoms with van der Waals surface area (Å²) in [6.45, 7) is 0.236. The van der Waals surface area contributed by atoms with Crippen LogP contribution >= 0.6 is 0 Å². The van der Waals surface area contributed by atoms with Crippen LogP contribution in [0.25, 0.3) is 0 Å². The number of fused-ring (bicyclic) bond motifs is 2. The summed E-state index contributed by atoms with van der Waals surface area (Å²) in [5, 5.41) is 27.6. The zero-order chi connectivity index (χ0) is 8.01. The summed E-state index contributed by atoms with van der Waals surface area (Å²) in [4.78, 5) is 0. The first-order valence-corrected chi connectivity index (χ1v) is 3.51. The van der Waals surface area contributed by atoms with Crippen molar-refractivity contribution in [3.63, 3.8) is 0 Å². The third-order valence-electron chi connectivity index (χ3n) is 2.09. The maximum Gasteiger partial charge on any atom is 0.186 e. The highest BCUT2D eigenvalue weighted by Crippen LogP contribution is 2.27. The van der Waals surface area contributed by atoms with Crippen LogP contribution in [0, 0.1) is 0 Å². The van der Waals surface area contributed by atoms with Gasteiger partial charge in [-0.05, 0) is 0 Å². The summed E-state index contributed by atoms with van der Waals surface area (Å²) in [6, 6.07) is 0. The van der Waals surface area contributed by atoms with Crippen LogP contribution in [-0.4, -0.2) is 52.6 Å². The molecule has 5 nitrogen and oxygen atoms in total. The Labute approximate surface area is 63.2 Å². The molecule has 0 spiro atoms. The van der Waals surface area contributed by atoms with Crippen molar-refractivity contribution in [3.8, 4) is 0 Å². The molecule has 2 aliphatic rings. The van der Waals surface area contributed by atoms with Crippen LogP contribution in [-0.2, 0) is 9.47 Å².